The molecule has 16 heavy (non-hydrogen) atoms. The van der Waals surface area contributed by atoms with Gasteiger partial charge in [0, 0.05) is 12.7 Å². The summed E-state index contributed by atoms with van der Waals surface area (Å²) in [6.45, 7) is 0.913. The quantitative estimate of drug-likeness (QED) is 0.811. The smallest absolute Gasteiger partial charge is 0.435 e. The highest BCUT2D eigenvalue weighted by atomic mass is 35.5. The van der Waals surface area contributed by atoms with E-state index in [1.54, 1.807) is 12.3 Å². The largest absolute Gasteiger partial charge is 0.440 e. The first-order valence-corrected chi connectivity index (χ1v) is 5.20. The Balaban J connectivity index is 1.78. The van der Waals surface area contributed by atoms with Gasteiger partial charge in [0.25, 0.3) is 0 Å². The molecular weight excluding hydrogens is 230 g/mol. The number of halogens is 1. The molecule has 1 aromatic rings. The maximum atomic E-state index is 10.6. The van der Waals surface area contributed by atoms with Crippen LogP contribution in [0.4, 0.5) is 4.79 Å². The van der Waals surface area contributed by atoms with Gasteiger partial charge in [0.2, 0.25) is 0 Å². The molecule has 0 atom stereocenters. The van der Waals surface area contributed by atoms with Crippen molar-refractivity contribution in [1.29, 1.82) is 0 Å². The van der Waals surface area contributed by atoms with Crippen LogP contribution in [0.2, 0.25) is 5.15 Å². The zero-order valence-electron chi connectivity index (χ0n) is 8.44. The van der Waals surface area contributed by atoms with Gasteiger partial charge in [-0.1, -0.05) is 17.7 Å². The predicted octanol–water partition coefficient (Wildman–Crippen LogP) is 1.42. The van der Waals surface area contributed by atoms with Gasteiger partial charge in [-0.25, -0.2) is 9.78 Å². The minimum absolute atomic E-state index is 0.234. The molecule has 0 fully saturated rings. The predicted molar refractivity (Wildman–Crippen MR) is 59.7 cm³/mol. The van der Waals surface area contributed by atoms with Gasteiger partial charge in [0.15, 0.2) is 6.61 Å². The first-order valence-electron chi connectivity index (χ1n) is 4.82. The van der Waals surface area contributed by atoms with E-state index in [2.05, 4.69) is 20.0 Å². The summed E-state index contributed by atoms with van der Waals surface area (Å²) in [5.74, 6) is 0.576. The van der Waals surface area contributed by atoms with Crippen LogP contribution in [0.15, 0.2) is 23.3 Å². The van der Waals surface area contributed by atoms with Gasteiger partial charge in [0.1, 0.15) is 11.0 Å². The van der Waals surface area contributed by atoms with E-state index in [4.69, 9.17) is 11.6 Å². The fourth-order valence-electron chi connectivity index (χ4n) is 1.30. The lowest BCUT2D eigenvalue weighted by Gasteiger charge is -2.03. The van der Waals surface area contributed by atoms with Crippen LogP contribution < -0.4 is 5.32 Å². The van der Waals surface area contributed by atoms with Crippen LogP contribution in [-0.2, 0) is 11.2 Å². The summed E-state index contributed by atoms with van der Waals surface area (Å²) < 4.78 is 4.65. The number of hydrogen-bond acceptors (Lipinski definition) is 4. The van der Waals surface area contributed by atoms with Gasteiger partial charge < -0.3 is 10.1 Å². The van der Waals surface area contributed by atoms with E-state index in [1.165, 1.54) is 0 Å². The molecule has 0 aromatic carbocycles. The van der Waals surface area contributed by atoms with Crippen LogP contribution in [0, 0.1) is 0 Å². The Morgan fingerprint density at radius 1 is 1.50 bits per heavy atom. The fourth-order valence-corrected chi connectivity index (χ4v) is 1.41. The standard InChI is InChI=1S/C10H10ClN3O2/c11-8-2-1-7(5-13-8)3-4-12-9-6-16-10(15)14-9/h1-2,5H,3-4,6H2,(H,12,14,15). The number of rotatable bonds is 3. The molecule has 84 valence electrons. The van der Waals surface area contributed by atoms with E-state index in [0.29, 0.717) is 17.5 Å². The molecule has 0 saturated carbocycles. The third-order valence-corrected chi connectivity index (χ3v) is 2.31. The number of cyclic esters (lactones) is 1. The van der Waals surface area contributed by atoms with E-state index in [9.17, 15) is 4.79 Å². The molecule has 6 heteroatoms. The molecule has 0 unspecified atom stereocenters. The molecule has 1 aliphatic rings. The first-order chi connectivity index (χ1) is 7.74. The van der Waals surface area contributed by atoms with Crippen molar-refractivity contribution in [1.82, 2.24) is 10.3 Å². The van der Waals surface area contributed by atoms with Crippen molar-refractivity contribution in [2.75, 3.05) is 13.2 Å². The zero-order valence-corrected chi connectivity index (χ0v) is 9.20. The van der Waals surface area contributed by atoms with Crippen molar-refractivity contribution in [2.45, 2.75) is 6.42 Å². The van der Waals surface area contributed by atoms with Crippen LogP contribution in [0.3, 0.4) is 0 Å². The molecule has 0 radical (unpaired) electrons. The van der Waals surface area contributed by atoms with E-state index in [1.807, 2.05) is 6.07 Å². The lowest BCUT2D eigenvalue weighted by atomic mass is 10.2. The normalized spacial score (nSPS) is 14.6. The second kappa shape index (κ2) is 4.94. The lowest BCUT2D eigenvalue weighted by molar-refractivity contribution is 0.180. The summed E-state index contributed by atoms with van der Waals surface area (Å²) in [5, 5.41) is 3.50. The van der Waals surface area contributed by atoms with Crippen LogP contribution in [0.1, 0.15) is 5.56 Å². The summed E-state index contributed by atoms with van der Waals surface area (Å²) in [6, 6.07) is 3.66. The van der Waals surface area contributed by atoms with Crippen LogP contribution in [0.25, 0.3) is 0 Å². The van der Waals surface area contributed by atoms with E-state index in [-0.39, 0.29) is 6.61 Å². The van der Waals surface area contributed by atoms with Crippen molar-refractivity contribution >= 4 is 23.5 Å². The number of pyridine rings is 1. The van der Waals surface area contributed by atoms with Gasteiger partial charge in [0.05, 0.1) is 0 Å². The molecule has 0 spiro atoms. The third kappa shape index (κ3) is 2.93. The Morgan fingerprint density at radius 2 is 2.38 bits per heavy atom. The first kappa shape index (κ1) is 10.9. The Kier molecular flexibility index (Phi) is 3.36. The Morgan fingerprint density at radius 3 is 3.00 bits per heavy atom. The summed E-state index contributed by atoms with van der Waals surface area (Å²) in [4.78, 5) is 18.3. The van der Waals surface area contributed by atoms with Crippen molar-refractivity contribution in [2.24, 2.45) is 4.99 Å². The Hall–Kier alpha value is -1.62. The second-order valence-corrected chi connectivity index (χ2v) is 3.67. The number of ether oxygens (including phenoxy) is 1. The van der Waals surface area contributed by atoms with E-state index in [0.717, 1.165) is 12.0 Å². The summed E-state index contributed by atoms with van der Waals surface area (Å²) in [6.07, 6.45) is 1.98. The van der Waals surface area contributed by atoms with Crippen LogP contribution in [0.5, 0.6) is 0 Å². The Bertz CT molecular complexity index is 417. The number of amides is 1. The number of carbonyl (C=O) groups is 1. The van der Waals surface area contributed by atoms with Gasteiger partial charge in [-0.15, -0.1) is 0 Å². The number of aromatic nitrogens is 1. The van der Waals surface area contributed by atoms with Gasteiger partial charge in [-0.05, 0) is 18.1 Å². The SMILES string of the molecule is O=C1N=C(NCCc2ccc(Cl)nc2)CO1. The molecule has 0 saturated heterocycles. The van der Waals surface area contributed by atoms with Crippen molar-refractivity contribution < 1.29 is 9.53 Å². The summed E-state index contributed by atoms with van der Waals surface area (Å²) in [7, 11) is 0. The van der Waals surface area contributed by atoms with Crippen molar-refractivity contribution in [3.63, 3.8) is 0 Å². The minimum atomic E-state index is -0.532. The van der Waals surface area contributed by atoms with Crippen LogP contribution >= 0.6 is 11.6 Å². The fraction of sp³-hybridized carbons (Fsp3) is 0.300. The number of carbonyl (C=O) groups excluding carboxylic acids is 1. The summed E-state index contributed by atoms with van der Waals surface area (Å²) >= 11 is 5.67. The number of nitrogens with zero attached hydrogens (tertiary/aromatic N) is 2. The molecule has 0 bridgehead atoms. The van der Waals surface area contributed by atoms with Gasteiger partial charge >= 0.3 is 6.09 Å². The highest BCUT2D eigenvalue weighted by Crippen LogP contribution is 2.05. The van der Waals surface area contributed by atoms with E-state index < -0.39 is 6.09 Å². The second-order valence-electron chi connectivity index (χ2n) is 3.28. The molecule has 2 rings (SSSR count). The zero-order chi connectivity index (χ0) is 11.4. The molecule has 1 N–H and O–H groups in total. The third-order valence-electron chi connectivity index (χ3n) is 2.09. The van der Waals surface area contributed by atoms with Crippen molar-refractivity contribution in [3.8, 4) is 0 Å². The average molecular weight is 240 g/mol. The molecule has 1 aromatic heterocycles. The van der Waals surface area contributed by atoms with Crippen molar-refractivity contribution in [3.05, 3.63) is 29.0 Å². The van der Waals surface area contributed by atoms with Crippen LogP contribution in [-0.4, -0.2) is 30.1 Å². The molecule has 1 amide bonds. The molecular formula is C10H10ClN3O2. The highest BCUT2D eigenvalue weighted by Gasteiger charge is 2.13. The van der Waals surface area contributed by atoms with Gasteiger partial charge in [-0.2, -0.15) is 4.99 Å². The lowest BCUT2D eigenvalue weighted by Crippen LogP contribution is -2.26. The van der Waals surface area contributed by atoms with E-state index >= 15 is 0 Å². The number of hydrogen-bond donors (Lipinski definition) is 1. The maximum Gasteiger partial charge on any atom is 0.435 e. The summed E-state index contributed by atoms with van der Waals surface area (Å²) in [5.41, 5.74) is 1.07. The number of aliphatic imine (C=N–C) groups is 1. The molecule has 2 heterocycles. The molecule has 0 aliphatic carbocycles. The monoisotopic (exact) mass is 239 g/mol. The molecule has 1 aliphatic heterocycles. The molecule has 5 nitrogen and oxygen atoms in total. The van der Waals surface area contributed by atoms with Gasteiger partial charge in [-0.3, -0.25) is 0 Å². The Labute approximate surface area is 97.5 Å². The number of amidine groups is 1. The minimum Gasteiger partial charge on any atom is -0.440 e. The topological polar surface area (TPSA) is 63.6 Å². The number of nitrogens with one attached hydrogen (secondary N) is 1. The maximum absolute atomic E-state index is 10.6. The highest BCUT2D eigenvalue weighted by molar-refractivity contribution is 6.29. The average Bonchev–Trinajstić information content (AvgIpc) is 2.67.